The van der Waals surface area contributed by atoms with Crippen LogP contribution in [-0.2, 0) is 9.53 Å². The number of rotatable bonds is 3. The molecule has 0 fully saturated rings. The van der Waals surface area contributed by atoms with Gasteiger partial charge in [0.05, 0.1) is 6.26 Å². The summed E-state index contributed by atoms with van der Waals surface area (Å²) in [7, 11) is 0. The largest absolute Gasteiger partial charge is 0.483 e. The smallest absolute Gasteiger partial charge is 0.244 e. The summed E-state index contributed by atoms with van der Waals surface area (Å²) in [4.78, 5) is 10.2. The number of carbonyl (C=O) groups is 1. The molecule has 0 radical (unpaired) electrons. The Bertz CT molecular complexity index is 211. The predicted molar refractivity (Wildman–Crippen MR) is 42.3 cm³/mol. The van der Waals surface area contributed by atoms with E-state index in [2.05, 4.69) is 5.92 Å². The average molecular weight is 153 g/mol. The lowest BCUT2D eigenvalue weighted by Crippen LogP contribution is -2.18. The number of primary amides is 1. The molecule has 3 nitrogen and oxygen atoms in total. The molecule has 0 atom stereocenters. The lowest BCUT2D eigenvalue weighted by molar-refractivity contribution is -0.113. The van der Waals surface area contributed by atoms with Crippen LogP contribution in [0.15, 0.2) is 12.3 Å². The van der Waals surface area contributed by atoms with E-state index in [1.807, 2.05) is 0 Å². The Morgan fingerprint density at radius 1 is 1.73 bits per heavy atom. The highest BCUT2D eigenvalue weighted by Gasteiger charge is 2.11. The van der Waals surface area contributed by atoms with Crippen molar-refractivity contribution in [2.75, 3.05) is 0 Å². The number of hydrogen-bond acceptors (Lipinski definition) is 2. The Labute approximate surface area is 66.2 Å². The summed E-state index contributed by atoms with van der Waals surface area (Å²) >= 11 is 0. The second-order valence-corrected chi connectivity index (χ2v) is 2.48. The van der Waals surface area contributed by atoms with Crippen LogP contribution in [0, 0.1) is 12.3 Å². The third kappa shape index (κ3) is 5.04. The maximum atomic E-state index is 10.2. The summed E-state index contributed by atoms with van der Waals surface area (Å²) in [6.45, 7) is 3.41. The van der Waals surface area contributed by atoms with Crippen LogP contribution in [-0.4, -0.2) is 11.5 Å². The first kappa shape index (κ1) is 9.57. The van der Waals surface area contributed by atoms with Gasteiger partial charge >= 0.3 is 0 Å². The van der Waals surface area contributed by atoms with Gasteiger partial charge in [-0.1, -0.05) is 5.92 Å². The molecule has 1 amide bonds. The van der Waals surface area contributed by atoms with Crippen molar-refractivity contribution >= 4 is 5.91 Å². The number of terminal acetylenes is 1. The Balaban J connectivity index is 3.90. The highest BCUT2D eigenvalue weighted by molar-refractivity contribution is 5.85. The molecule has 0 rings (SSSR count). The molecule has 0 saturated heterocycles. The fourth-order valence-corrected chi connectivity index (χ4v) is 0.305. The summed E-state index contributed by atoms with van der Waals surface area (Å²) < 4.78 is 4.97. The molecule has 60 valence electrons. The number of nitrogens with two attached hydrogens (primary N) is 1. The summed E-state index contributed by atoms with van der Waals surface area (Å²) in [5, 5.41) is 0. The highest BCUT2D eigenvalue weighted by Crippen LogP contribution is 2.06. The zero-order valence-electron chi connectivity index (χ0n) is 6.63. The number of hydrogen-bond donors (Lipinski definition) is 1. The lowest BCUT2D eigenvalue weighted by atomic mass is 10.2. The molecule has 0 aliphatic rings. The van der Waals surface area contributed by atoms with E-state index >= 15 is 0 Å². The molecule has 0 bridgehead atoms. The van der Waals surface area contributed by atoms with Gasteiger partial charge in [0.1, 0.15) is 0 Å². The van der Waals surface area contributed by atoms with Crippen LogP contribution in [0.1, 0.15) is 13.8 Å². The molecule has 0 aliphatic carbocycles. The van der Waals surface area contributed by atoms with Gasteiger partial charge in [-0.15, -0.1) is 6.42 Å². The SMILES string of the molecule is C#CC(C)(C)O/C=C/C(N)=O. The van der Waals surface area contributed by atoms with E-state index in [4.69, 9.17) is 16.9 Å². The molecule has 11 heavy (non-hydrogen) atoms. The zero-order chi connectivity index (χ0) is 8.91. The van der Waals surface area contributed by atoms with Crippen LogP contribution in [0.5, 0.6) is 0 Å². The van der Waals surface area contributed by atoms with Crippen molar-refractivity contribution in [3.05, 3.63) is 12.3 Å². The molecule has 0 aromatic rings. The first-order valence-electron chi connectivity index (χ1n) is 3.09. The number of carbonyl (C=O) groups excluding carboxylic acids is 1. The van der Waals surface area contributed by atoms with Crippen molar-refractivity contribution in [3.8, 4) is 12.3 Å². The van der Waals surface area contributed by atoms with Gasteiger partial charge in [-0.2, -0.15) is 0 Å². The number of amides is 1. The molecule has 0 spiro atoms. The minimum atomic E-state index is -0.689. The third-order valence-electron chi connectivity index (χ3n) is 0.943. The van der Waals surface area contributed by atoms with Gasteiger partial charge in [-0.25, -0.2) is 0 Å². The van der Waals surface area contributed by atoms with E-state index in [0.717, 1.165) is 6.08 Å². The molecule has 0 saturated carbocycles. The molecule has 0 unspecified atom stereocenters. The molecule has 0 aliphatic heterocycles. The predicted octanol–water partition coefficient (Wildman–Crippen LogP) is 0.414. The molecular formula is C8H11NO2. The minimum Gasteiger partial charge on any atom is -0.483 e. The van der Waals surface area contributed by atoms with Crippen molar-refractivity contribution in [3.63, 3.8) is 0 Å². The van der Waals surface area contributed by atoms with Crippen LogP contribution >= 0.6 is 0 Å². The Morgan fingerprint density at radius 3 is 2.64 bits per heavy atom. The molecule has 0 aromatic carbocycles. The average Bonchev–Trinajstić information content (AvgIpc) is 1.87. The van der Waals surface area contributed by atoms with Crippen LogP contribution in [0.3, 0.4) is 0 Å². The van der Waals surface area contributed by atoms with E-state index < -0.39 is 11.5 Å². The molecule has 0 aromatic heterocycles. The normalized spacial score (nSPS) is 11.0. The van der Waals surface area contributed by atoms with E-state index in [1.54, 1.807) is 13.8 Å². The van der Waals surface area contributed by atoms with Crippen molar-refractivity contribution in [1.29, 1.82) is 0 Å². The summed E-state index contributed by atoms with van der Waals surface area (Å²) in [6, 6.07) is 0. The lowest BCUT2D eigenvalue weighted by Gasteiger charge is -2.15. The van der Waals surface area contributed by atoms with Gasteiger partial charge in [-0.05, 0) is 13.8 Å². The molecule has 0 heterocycles. The molecule has 2 N–H and O–H groups in total. The van der Waals surface area contributed by atoms with Gasteiger partial charge in [0.2, 0.25) is 5.91 Å². The fraction of sp³-hybridized carbons (Fsp3) is 0.375. The quantitative estimate of drug-likeness (QED) is 0.363. The van der Waals surface area contributed by atoms with E-state index in [1.165, 1.54) is 6.26 Å². The van der Waals surface area contributed by atoms with Crippen molar-refractivity contribution in [1.82, 2.24) is 0 Å². The Hall–Kier alpha value is -1.43. The number of ether oxygens (including phenoxy) is 1. The van der Waals surface area contributed by atoms with Crippen LogP contribution in [0.25, 0.3) is 0 Å². The highest BCUT2D eigenvalue weighted by atomic mass is 16.5. The fourth-order valence-electron chi connectivity index (χ4n) is 0.305. The Kier molecular flexibility index (Phi) is 3.19. The van der Waals surface area contributed by atoms with Gasteiger partial charge in [0, 0.05) is 6.08 Å². The minimum absolute atomic E-state index is 0.558. The van der Waals surface area contributed by atoms with Gasteiger partial charge < -0.3 is 10.5 Å². The summed E-state index contributed by atoms with van der Waals surface area (Å²) in [6.07, 6.45) is 7.40. The molecular weight excluding hydrogens is 142 g/mol. The first-order chi connectivity index (χ1) is 4.98. The van der Waals surface area contributed by atoms with Gasteiger partial charge in [0.25, 0.3) is 0 Å². The Morgan fingerprint density at radius 2 is 2.27 bits per heavy atom. The maximum Gasteiger partial charge on any atom is 0.244 e. The summed E-state index contributed by atoms with van der Waals surface area (Å²) in [5.41, 5.74) is 4.12. The zero-order valence-corrected chi connectivity index (χ0v) is 6.63. The monoisotopic (exact) mass is 153 g/mol. The van der Waals surface area contributed by atoms with E-state index in [-0.39, 0.29) is 0 Å². The van der Waals surface area contributed by atoms with Crippen molar-refractivity contribution < 1.29 is 9.53 Å². The van der Waals surface area contributed by atoms with Crippen molar-refractivity contribution in [2.45, 2.75) is 19.4 Å². The van der Waals surface area contributed by atoms with Crippen molar-refractivity contribution in [2.24, 2.45) is 5.73 Å². The maximum absolute atomic E-state index is 10.2. The van der Waals surface area contributed by atoms with E-state index in [0.29, 0.717) is 0 Å². The van der Waals surface area contributed by atoms with Crippen LogP contribution in [0.4, 0.5) is 0 Å². The standard InChI is InChI=1S/C8H11NO2/c1-4-8(2,3)11-6-5-7(9)10/h1,5-6H,2-3H3,(H2,9,10)/b6-5+. The van der Waals surface area contributed by atoms with Crippen LogP contribution < -0.4 is 5.73 Å². The second-order valence-electron chi connectivity index (χ2n) is 2.48. The third-order valence-corrected chi connectivity index (χ3v) is 0.943. The van der Waals surface area contributed by atoms with Gasteiger partial charge in [-0.3, -0.25) is 4.79 Å². The first-order valence-corrected chi connectivity index (χ1v) is 3.09. The topological polar surface area (TPSA) is 52.3 Å². The van der Waals surface area contributed by atoms with Crippen LogP contribution in [0.2, 0.25) is 0 Å². The van der Waals surface area contributed by atoms with Gasteiger partial charge in [0.15, 0.2) is 5.60 Å². The second kappa shape index (κ2) is 3.67. The van der Waals surface area contributed by atoms with E-state index in [9.17, 15) is 4.79 Å². The molecule has 3 heteroatoms. The summed E-state index contributed by atoms with van der Waals surface area (Å²) in [5.74, 6) is 1.83.